The van der Waals surface area contributed by atoms with Crippen molar-refractivity contribution in [1.82, 2.24) is 15.2 Å². The Morgan fingerprint density at radius 2 is 1.84 bits per heavy atom. The van der Waals surface area contributed by atoms with E-state index in [4.69, 9.17) is 5.73 Å². The maximum absolute atomic E-state index is 14.5. The third kappa shape index (κ3) is 2.88. The van der Waals surface area contributed by atoms with Gasteiger partial charge in [0.2, 0.25) is 0 Å². The highest BCUT2D eigenvalue weighted by Crippen LogP contribution is 2.37. The molecule has 25 heavy (non-hydrogen) atoms. The largest absolute Gasteiger partial charge is 0.419 e. The van der Waals surface area contributed by atoms with E-state index in [0.29, 0.717) is 22.2 Å². The summed E-state index contributed by atoms with van der Waals surface area (Å²) in [7, 11) is 0. The number of nitrogens with zero attached hydrogens (tertiary/aromatic N) is 3. The first-order chi connectivity index (χ1) is 11.7. The molecule has 1 aromatic carbocycles. The van der Waals surface area contributed by atoms with Gasteiger partial charge < -0.3 is 5.73 Å². The van der Waals surface area contributed by atoms with Gasteiger partial charge in [-0.2, -0.15) is 18.3 Å². The molecule has 0 radical (unpaired) electrons. The summed E-state index contributed by atoms with van der Waals surface area (Å²) in [6, 6.07) is 4.87. The quantitative estimate of drug-likeness (QED) is 0.703. The Morgan fingerprint density at radius 3 is 2.52 bits per heavy atom. The van der Waals surface area contributed by atoms with Crippen LogP contribution in [0.2, 0.25) is 0 Å². The average Bonchev–Trinajstić information content (AvgIpc) is 2.56. The van der Waals surface area contributed by atoms with Gasteiger partial charge in [0.1, 0.15) is 5.82 Å². The molecule has 0 aliphatic rings. The van der Waals surface area contributed by atoms with Crippen LogP contribution in [0.25, 0.3) is 10.8 Å². The Hall–Kier alpha value is -2.77. The molecule has 2 aromatic heterocycles. The van der Waals surface area contributed by atoms with Crippen LogP contribution in [0, 0.1) is 12.7 Å². The van der Waals surface area contributed by atoms with Gasteiger partial charge in [-0.3, -0.25) is 4.98 Å². The van der Waals surface area contributed by atoms with Gasteiger partial charge in [0.25, 0.3) is 0 Å². The monoisotopic (exact) mass is 350 g/mol. The minimum Gasteiger partial charge on any atom is -0.382 e. The summed E-state index contributed by atoms with van der Waals surface area (Å²) < 4.78 is 53.4. The summed E-state index contributed by atoms with van der Waals surface area (Å²) in [5.74, 6) is -1.84. The lowest BCUT2D eigenvalue weighted by Gasteiger charge is -2.18. The summed E-state index contributed by atoms with van der Waals surface area (Å²) in [6.45, 7) is 3.28. The second-order valence-corrected chi connectivity index (χ2v) is 5.72. The van der Waals surface area contributed by atoms with Crippen LogP contribution in [0.1, 0.15) is 35.4 Å². The molecule has 0 aliphatic carbocycles. The Labute approximate surface area is 140 Å². The Kier molecular flexibility index (Phi) is 4.06. The molecule has 0 saturated carbocycles. The first-order valence-electron chi connectivity index (χ1n) is 7.44. The zero-order chi connectivity index (χ0) is 18.4. The highest BCUT2D eigenvalue weighted by atomic mass is 19.4. The van der Waals surface area contributed by atoms with Crippen LogP contribution in [0.4, 0.5) is 23.4 Å². The van der Waals surface area contributed by atoms with E-state index >= 15 is 0 Å². The Bertz CT molecular complexity index is 953. The molecule has 130 valence electrons. The van der Waals surface area contributed by atoms with Crippen LogP contribution in [-0.4, -0.2) is 15.2 Å². The van der Waals surface area contributed by atoms with E-state index in [9.17, 15) is 17.6 Å². The third-order valence-electron chi connectivity index (χ3n) is 4.14. The number of nitrogens with two attached hydrogens (primary N) is 1. The fourth-order valence-electron chi connectivity index (χ4n) is 2.88. The number of aromatic nitrogens is 3. The van der Waals surface area contributed by atoms with Gasteiger partial charge in [-0.15, -0.1) is 5.10 Å². The van der Waals surface area contributed by atoms with Crippen molar-refractivity contribution in [2.24, 2.45) is 0 Å². The maximum Gasteiger partial charge on any atom is 0.419 e. The van der Waals surface area contributed by atoms with E-state index < -0.39 is 23.5 Å². The fourth-order valence-corrected chi connectivity index (χ4v) is 2.88. The SMILES string of the molecule is Cc1nnc(N)c2ccnc([C@H](C)c3cccc(C(F)(F)F)c3F)c12. The lowest BCUT2D eigenvalue weighted by atomic mass is 9.91. The summed E-state index contributed by atoms with van der Waals surface area (Å²) >= 11 is 0. The summed E-state index contributed by atoms with van der Waals surface area (Å²) in [5, 5.41) is 8.90. The zero-order valence-corrected chi connectivity index (χ0v) is 13.4. The number of halogens is 4. The topological polar surface area (TPSA) is 64.7 Å². The number of benzene rings is 1. The number of hydrogen-bond acceptors (Lipinski definition) is 4. The van der Waals surface area contributed by atoms with Crippen LogP contribution < -0.4 is 5.73 Å². The number of pyridine rings is 1. The fraction of sp³-hybridized carbons (Fsp3) is 0.235. The Morgan fingerprint density at radius 1 is 1.12 bits per heavy atom. The minimum absolute atomic E-state index is 0.0930. The van der Waals surface area contributed by atoms with Crippen LogP contribution >= 0.6 is 0 Å². The molecule has 0 fully saturated rings. The van der Waals surface area contributed by atoms with Crippen LogP contribution in [-0.2, 0) is 6.18 Å². The highest BCUT2D eigenvalue weighted by molar-refractivity contribution is 5.94. The summed E-state index contributed by atoms with van der Waals surface area (Å²) in [4.78, 5) is 4.25. The van der Waals surface area contributed by atoms with Crippen LogP contribution in [0.15, 0.2) is 30.5 Å². The highest BCUT2D eigenvalue weighted by Gasteiger charge is 2.35. The lowest BCUT2D eigenvalue weighted by molar-refractivity contribution is -0.140. The molecule has 2 heterocycles. The molecule has 3 rings (SSSR count). The predicted molar refractivity (Wildman–Crippen MR) is 85.4 cm³/mol. The number of rotatable bonds is 2. The number of hydrogen-bond donors (Lipinski definition) is 1. The molecule has 0 spiro atoms. The summed E-state index contributed by atoms with van der Waals surface area (Å²) in [5.41, 5.74) is 5.35. The van der Waals surface area contributed by atoms with Crippen molar-refractivity contribution in [2.75, 3.05) is 5.73 Å². The van der Waals surface area contributed by atoms with Crippen LogP contribution in [0.5, 0.6) is 0 Å². The van der Waals surface area contributed by atoms with Gasteiger partial charge in [-0.05, 0) is 24.6 Å². The van der Waals surface area contributed by atoms with Crippen molar-refractivity contribution >= 4 is 16.6 Å². The van der Waals surface area contributed by atoms with Crippen molar-refractivity contribution in [3.05, 3.63) is 58.8 Å². The standard InChI is InChI=1S/C17H14F4N4/c1-8(10-4-3-5-12(14(10)18)17(19,20)21)15-13-9(2)24-25-16(22)11(13)6-7-23-15/h3-8H,1-2H3,(H2,22,25)/t8-/m1/s1. The Balaban J connectivity index is 2.23. The lowest BCUT2D eigenvalue weighted by Crippen LogP contribution is -2.12. The number of fused-ring (bicyclic) bond motifs is 1. The van der Waals surface area contributed by atoms with Crippen molar-refractivity contribution in [3.63, 3.8) is 0 Å². The molecule has 0 saturated heterocycles. The van der Waals surface area contributed by atoms with E-state index in [-0.39, 0.29) is 11.4 Å². The predicted octanol–water partition coefficient (Wildman–Crippen LogP) is 4.23. The van der Waals surface area contributed by atoms with E-state index in [2.05, 4.69) is 15.2 Å². The van der Waals surface area contributed by atoms with Crippen molar-refractivity contribution in [2.45, 2.75) is 25.9 Å². The number of alkyl halides is 3. The van der Waals surface area contributed by atoms with Gasteiger partial charge in [0, 0.05) is 22.9 Å². The molecule has 4 nitrogen and oxygen atoms in total. The number of anilines is 1. The molecule has 0 bridgehead atoms. The van der Waals surface area contributed by atoms with Gasteiger partial charge in [0.05, 0.1) is 17.0 Å². The molecule has 3 aromatic rings. The minimum atomic E-state index is -4.77. The normalized spacial score (nSPS) is 13.2. The van der Waals surface area contributed by atoms with Gasteiger partial charge in [-0.25, -0.2) is 4.39 Å². The molecule has 0 aliphatic heterocycles. The molecular weight excluding hydrogens is 336 g/mol. The third-order valence-corrected chi connectivity index (χ3v) is 4.14. The van der Waals surface area contributed by atoms with Crippen molar-refractivity contribution in [3.8, 4) is 0 Å². The molecule has 2 N–H and O–H groups in total. The number of nitrogen functional groups attached to an aromatic ring is 1. The smallest absolute Gasteiger partial charge is 0.382 e. The maximum atomic E-state index is 14.5. The van der Waals surface area contributed by atoms with E-state index in [1.54, 1.807) is 19.9 Å². The van der Waals surface area contributed by atoms with Gasteiger partial charge in [-0.1, -0.05) is 19.1 Å². The van der Waals surface area contributed by atoms with E-state index in [1.165, 1.54) is 18.3 Å². The summed E-state index contributed by atoms with van der Waals surface area (Å²) in [6.07, 6.45) is -3.30. The average molecular weight is 350 g/mol. The molecule has 0 amide bonds. The first kappa shape index (κ1) is 17.1. The molecular formula is C17H14F4N4. The van der Waals surface area contributed by atoms with Gasteiger partial charge >= 0.3 is 6.18 Å². The second-order valence-electron chi connectivity index (χ2n) is 5.72. The van der Waals surface area contributed by atoms with E-state index in [1.807, 2.05) is 0 Å². The first-order valence-corrected chi connectivity index (χ1v) is 7.44. The van der Waals surface area contributed by atoms with Crippen molar-refractivity contribution in [1.29, 1.82) is 0 Å². The van der Waals surface area contributed by atoms with Crippen LogP contribution in [0.3, 0.4) is 0 Å². The number of aryl methyl sites for hydroxylation is 1. The van der Waals surface area contributed by atoms with Crippen molar-refractivity contribution < 1.29 is 17.6 Å². The van der Waals surface area contributed by atoms with Gasteiger partial charge in [0.15, 0.2) is 5.82 Å². The molecule has 8 heteroatoms. The second kappa shape index (κ2) is 5.94. The molecule has 1 atom stereocenters. The molecule has 0 unspecified atom stereocenters. The zero-order valence-electron chi connectivity index (χ0n) is 13.4. The van der Waals surface area contributed by atoms with E-state index in [0.717, 1.165) is 6.07 Å².